The summed E-state index contributed by atoms with van der Waals surface area (Å²) in [6.07, 6.45) is 5.48. The highest BCUT2D eigenvalue weighted by Crippen LogP contribution is 2.53. The maximum atomic E-state index is 15.2. The molecule has 10 rings (SSSR count). The first-order valence-electron chi connectivity index (χ1n) is 25.0. The van der Waals surface area contributed by atoms with Gasteiger partial charge in [0, 0.05) is 48.5 Å². The van der Waals surface area contributed by atoms with Crippen LogP contribution in [0.15, 0.2) is 111 Å². The maximum absolute atomic E-state index is 15.2. The van der Waals surface area contributed by atoms with E-state index < -0.39 is 47.9 Å². The normalized spacial score (nSPS) is 25.5. The smallest absolute Gasteiger partial charge is 0.340 e. The summed E-state index contributed by atoms with van der Waals surface area (Å²) in [7, 11) is 1.51. The lowest BCUT2D eigenvalue weighted by Crippen LogP contribution is -2.58. The van der Waals surface area contributed by atoms with E-state index in [-0.39, 0.29) is 73.0 Å². The van der Waals surface area contributed by atoms with Crippen molar-refractivity contribution < 1.29 is 48.3 Å². The Morgan fingerprint density at radius 1 is 0.841 bits per heavy atom. The van der Waals surface area contributed by atoms with Crippen molar-refractivity contribution >= 4 is 22.9 Å². The van der Waals surface area contributed by atoms with E-state index in [1.54, 1.807) is 19.1 Å². The van der Waals surface area contributed by atoms with Gasteiger partial charge in [-0.3, -0.25) is 4.79 Å². The molecule has 364 valence electrons. The van der Waals surface area contributed by atoms with Gasteiger partial charge in [0.15, 0.2) is 12.2 Å². The van der Waals surface area contributed by atoms with Crippen molar-refractivity contribution in [1.29, 1.82) is 0 Å². The fraction of sp³-hybridized carbons (Fsp3) is 0.466. The van der Waals surface area contributed by atoms with Crippen LogP contribution in [0.25, 0.3) is 11.0 Å². The van der Waals surface area contributed by atoms with Crippen LogP contribution in [0.3, 0.4) is 0 Å². The Balaban J connectivity index is 1.17. The van der Waals surface area contributed by atoms with E-state index in [4.69, 9.17) is 23.4 Å². The van der Waals surface area contributed by atoms with Crippen molar-refractivity contribution in [2.75, 3.05) is 26.9 Å². The van der Waals surface area contributed by atoms with Gasteiger partial charge in [0.1, 0.15) is 16.9 Å². The van der Waals surface area contributed by atoms with E-state index in [2.05, 4.69) is 72.8 Å². The molecule has 0 saturated heterocycles. The number of esters is 2. The Morgan fingerprint density at radius 2 is 1.61 bits per heavy atom. The molecule has 2 aliphatic carbocycles. The summed E-state index contributed by atoms with van der Waals surface area (Å²) in [5, 5.41) is 31.8. The third kappa shape index (κ3) is 9.93. The second kappa shape index (κ2) is 21.2. The Bertz CT molecular complexity index is 2710. The molecule has 2 fully saturated rings. The van der Waals surface area contributed by atoms with Crippen molar-refractivity contribution in [3.63, 3.8) is 0 Å². The molecule has 5 aliphatic rings. The quantitative estimate of drug-likeness (QED) is 0.0657. The van der Waals surface area contributed by atoms with Gasteiger partial charge in [0.2, 0.25) is 0 Å². The molecule has 7 atom stereocenters. The summed E-state index contributed by atoms with van der Waals surface area (Å²) in [4.78, 5) is 44.3. The Labute approximate surface area is 404 Å². The van der Waals surface area contributed by atoms with Gasteiger partial charge >= 0.3 is 17.6 Å². The molecule has 11 heteroatoms. The van der Waals surface area contributed by atoms with Crippen molar-refractivity contribution in [3.8, 4) is 5.75 Å². The molecular weight excluding hydrogens is 873 g/mol. The Hall–Kier alpha value is -5.59. The SMILES string of the molecule is COC[C@@H](CCO)c1c(CO)c2ccc3c(c2oc1=O)[C@H]1OC(=O)C[C@H]2C[C@@H](c4cccc(Cc5ccccc5)c4)CC[C@H]2c2ccc(cc2)CC/C(=C(\C)CO)C(=O)O[C@@H]1[C@](C)(C1CCCC1)O3. The second-order valence-corrected chi connectivity index (χ2v) is 20.1. The van der Waals surface area contributed by atoms with Crippen molar-refractivity contribution in [2.24, 2.45) is 11.8 Å². The van der Waals surface area contributed by atoms with Gasteiger partial charge in [-0.25, -0.2) is 9.59 Å². The van der Waals surface area contributed by atoms with Crippen molar-refractivity contribution in [1.82, 2.24) is 0 Å². The number of carbonyl (C=O) groups is 2. The summed E-state index contributed by atoms with van der Waals surface area (Å²) in [5.41, 5.74) is 5.60. The van der Waals surface area contributed by atoms with Crippen LogP contribution in [0.1, 0.15) is 146 Å². The molecule has 1 aromatic heterocycles. The lowest BCUT2D eigenvalue weighted by molar-refractivity contribution is -0.199. The zero-order valence-electron chi connectivity index (χ0n) is 40.1. The minimum atomic E-state index is -1.29. The van der Waals surface area contributed by atoms with Gasteiger partial charge in [-0.05, 0) is 140 Å². The molecule has 0 unspecified atom stereocenters. The van der Waals surface area contributed by atoms with E-state index in [1.807, 2.05) is 13.0 Å². The number of hydrogen-bond donors (Lipinski definition) is 3. The van der Waals surface area contributed by atoms with E-state index in [0.29, 0.717) is 40.7 Å². The van der Waals surface area contributed by atoms with Crippen LogP contribution in [-0.2, 0) is 43.2 Å². The molecule has 11 nitrogen and oxygen atoms in total. The predicted octanol–water partition coefficient (Wildman–Crippen LogP) is 9.84. The maximum Gasteiger partial charge on any atom is 0.340 e. The Morgan fingerprint density at radius 3 is 2.33 bits per heavy atom. The number of benzene rings is 4. The fourth-order valence-electron chi connectivity index (χ4n) is 12.2. The van der Waals surface area contributed by atoms with Gasteiger partial charge in [0.25, 0.3) is 0 Å². The van der Waals surface area contributed by atoms with Gasteiger partial charge in [-0.2, -0.15) is 0 Å². The summed E-state index contributed by atoms with van der Waals surface area (Å²) in [5.74, 6) is -1.30. The predicted molar refractivity (Wildman–Crippen MR) is 262 cm³/mol. The van der Waals surface area contributed by atoms with E-state index in [9.17, 15) is 24.9 Å². The molecule has 2 bridgehead atoms. The Kier molecular flexibility index (Phi) is 14.9. The standard InChI is InChI=1S/C58H66O11/c1-35(32-60)45-22-18-36-16-19-39(20-17-36)46-23-21-41(40-13-9-12-38(29-40)28-37-10-5-4-6-11-37)30-43(46)31-50(62)66-54-52-49(69-58(2,44-14-7-8-15-44)55(54)68-56(45)63)25-24-47-48(33-61)51(57(64)67-53(47)52)42(26-27-59)34-65-3/h4-6,9-13,16-17,19-20,24-25,29,41-44,46,54-55,59-61H,7-8,14-15,18,21-23,26-28,30-34H2,1-3H3/b45-35-/t41-,42+,43+,46-,54+,55-,58-/m0/s1. The minimum Gasteiger partial charge on any atom is -0.483 e. The number of hydrogen-bond acceptors (Lipinski definition) is 11. The molecule has 5 aromatic rings. The number of aryl methyl sites for hydroxylation is 1. The number of methoxy groups -OCH3 is 1. The number of fused-ring (bicyclic) bond motifs is 11. The molecule has 4 heterocycles. The highest BCUT2D eigenvalue weighted by molar-refractivity contribution is 5.90. The number of rotatable bonds is 11. The van der Waals surface area contributed by atoms with Gasteiger partial charge in [-0.15, -0.1) is 0 Å². The zero-order valence-corrected chi connectivity index (χ0v) is 40.1. The first-order valence-corrected chi connectivity index (χ1v) is 25.0. The highest BCUT2D eigenvalue weighted by atomic mass is 16.6. The van der Waals surface area contributed by atoms with Crippen LogP contribution in [0, 0.1) is 11.8 Å². The summed E-state index contributed by atoms with van der Waals surface area (Å²) in [6, 6.07) is 31.3. The lowest BCUT2D eigenvalue weighted by Gasteiger charge is -2.48. The number of ether oxygens (including phenoxy) is 4. The van der Waals surface area contributed by atoms with Crippen LogP contribution in [0.5, 0.6) is 5.75 Å². The molecule has 0 amide bonds. The molecule has 0 spiro atoms. The van der Waals surface area contributed by atoms with Crippen LogP contribution in [0.4, 0.5) is 0 Å². The van der Waals surface area contributed by atoms with Crippen LogP contribution >= 0.6 is 0 Å². The molecule has 0 radical (unpaired) electrons. The first kappa shape index (κ1) is 48.4. The molecular formula is C58H66O11. The summed E-state index contributed by atoms with van der Waals surface area (Å²) >= 11 is 0. The number of aliphatic hydroxyl groups is 3. The van der Waals surface area contributed by atoms with E-state index >= 15 is 4.79 Å². The number of carbonyl (C=O) groups excluding carboxylic acids is 2. The third-order valence-electron chi connectivity index (χ3n) is 15.9. The molecule has 3 aliphatic heterocycles. The molecule has 4 aromatic carbocycles. The molecule has 2 saturated carbocycles. The van der Waals surface area contributed by atoms with E-state index in [0.717, 1.165) is 62.5 Å². The van der Waals surface area contributed by atoms with Crippen molar-refractivity contribution in [3.05, 3.63) is 157 Å². The third-order valence-corrected chi connectivity index (χ3v) is 15.9. The van der Waals surface area contributed by atoms with Crippen LogP contribution in [-0.4, -0.2) is 65.9 Å². The largest absolute Gasteiger partial charge is 0.483 e. The topological polar surface area (TPSA) is 162 Å². The van der Waals surface area contributed by atoms with Crippen LogP contribution < -0.4 is 10.4 Å². The average Bonchev–Trinajstić information content (AvgIpc) is 3.91. The second-order valence-electron chi connectivity index (χ2n) is 20.1. The highest BCUT2D eigenvalue weighted by Gasteiger charge is 2.57. The van der Waals surface area contributed by atoms with E-state index in [1.165, 1.54) is 23.8 Å². The number of aliphatic hydroxyl groups excluding tert-OH is 3. The van der Waals surface area contributed by atoms with Crippen molar-refractivity contribution in [2.45, 2.75) is 133 Å². The fourth-order valence-corrected chi connectivity index (χ4v) is 12.2. The monoisotopic (exact) mass is 938 g/mol. The summed E-state index contributed by atoms with van der Waals surface area (Å²) < 4.78 is 32.4. The van der Waals surface area contributed by atoms with Gasteiger partial charge in [0.05, 0.1) is 25.4 Å². The average molecular weight is 939 g/mol. The van der Waals surface area contributed by atoms with Gasteiger partial charge < -0.3 is 38.7 Å². The van der Waals surface area contributed by atoms with Crippen LogP contribution in [0.2, 0.25) is 0 Å². The molecule has 3 N–H and O–H groups in total. The minimum absolute atomic E-state index is 0.0556. The zero-order chi connectivity index (χ0) is 48.2. The lowest BCUT2D eigenvalue weighted by atomic mass is 9.68. The summed E-state index contributed by atoms with van der Waals surface area (Å²) in [6.45, 7) is 2.64. The first-order chi connectivity index (χ1) is 33.5. The van der Waals surface area contributed by atoms with Gasteiger partial charge in [-0.1, -0.05) is 91.7 Å². The molecule has 69 heavy (non-hydrogen) atoms.